The van der Waals surface area contributed by atoms with Crippen LogP contribution in [0.15, 0.2) is 35.1 Å². The molecule has 0 fully saturated rings. The Labute approximate surface area is 139 Å². The van der Waals surface area contributed by atoms with Crippen molar-refractivity contribution in [1.82, 2.24) is 9.97 Å². The molecule has 3 aromatic rings. The van der Waals surface area contributed by atoms with Crippen molar-refractivity contribution in [2.45, 2.75) is 13.8 Å². The van der Waals surface area contributed by atoms with Crippen molar-refractivity contribution in [2.24, 2.45) is 0 Å². The lowest BCUT2D eigenvalue weighted by Gasteiger charge is -2.11. The molecule has 0 radical (unpaired) electrons. The van der Waals surface area contributed by atoms with Gasteiger partial charge in [0.15, 0.2) is 11.5 Å². The van der Waals surface area contributed by atoms with Crippen LogP contribution in [0.4, 0.5) is 11.6 Å². The number of methoxy groups -OCH3 is 2. The molecule has 6 heteroatoms. The average molecular weight is 325 g/mol. The van der Waals surface area contributed by atoms with E-state index < -0.39 is 0 Å². The predicted octanol–water partition coefficient (Wildman–Crippen LogP) is 3.30. The van der Waals surface area contributed by atoms with Gasteiger partial charge in [0.05, 0.1) is 25.1 Å². The van der Waals surface area contributed by atoms with Crippen LogP contribution in [-0.2, 0) is 0 Å². The number of nitrogens with one attached hydrogen (secondary N) is 2. The number of hydrogen-bond acceptors (Lipinski definition) is 5. The molecule has 0 spiro atoms. The lowest BCUT2D eigenvalue weighted by molar-refractivity contribution is 0.355. The highest BCUT2D eigenvalue weighted by Crippen LogP contribution is 2.30. The second kappa shape index (κ2) is 6.23. The van der Waals surface area contributed by atoms with Gasteiger partial charge in [-0.3, -0.25) is 9.78 Å². The lowest BCUT2D eigenvalue weighted by Crippen LogP contribution is -2.11. The molecular weight excluding hydrogens is 306 g/mol. The highest BCUT2D eigenvalue weighted by atomic mass is 16.5. The van der Waals surface area contributed by atoms with Crippen molar-refractivity contribution >= 4 is 22.5 Å². The summed E-state index contributed by atoms with van der Waals surface area (Å²) >= 11 is 0. The van der Waals surface area contributed by atoms with Gasteiger partial charge in [0, 0.05) is 11.8 Å². The quantitative estimate of drug-likeness (QED) is 0.770. The van der Waals surface area contributed by atoms with Gasteiger partial charge in [0.25, 0.3) is 5.56 Å². The number of fused-ring (bicyclic) bond motifs is 1. The summed E-state index contributed by atoms with van der Waals surface area (Å²) < 4.78 is 10.5. The fourth-order valence-corrected chi connectivity index (χ4v) is 2.71. The summed E-state index contributed by atoms with van der Waals surface area (Å²) in [5.41, 5.74) is 3.42. The van der Waals surface area contributed by atoms with Crippen LogP contribution >= 0.6 is 0 Å². The topological polar surface area (TPSA) is 76.2 Å². The zero-order chi connectivity index (χ0) is 17.3. The molecule has 124 valence electrons. The highest BCUT2D eigenvalue weighted by Gasteiger charge is 2.11. The third-order valence-electron chi connectivity index (χ3n) is 3.70. The van der Waals surface area contributed by atoms with Crippen LogP contribution in [0.2, 0.25) is 0 Å². The summed E-state index contributed by atoms with van der Waals surface area (Å²) in [5.74, 6) is 1.40. The molecule has 2 aromatic carbocycles. The third kappa shape index (κ3) is 3.03. The molecule has 1 heterocycles. The molecule has 0 unspecified atom stereocenters. The number of H-pyrrole nitrogens is 1. The first-order valence-electron chi connectivity index (χ1n) is 7.51. The zero-order valence-corrected chi connectivity index (χ0v) is 14.1. The Hall–Kier alpha value is -3.02. The van der Waals surface area contributed by atoms with Gasteiger partial charge in [-0.05, 0) is 43.2 Å². The van der Waals surface area contributed by atoms with Gasteiger partial charge in [-0.25, -0.2) is 4.98 Å². The normalized spacial score (nSPS) is 10.7. The van der Waals surface area contributed by atoms with Crippen LogP contribution in [0.1, 0.15) is 11.1 Å². The minimum Gasteiger partial charge on any atom is -0.493 e. The van der Waals surface area contributed by atoms with Gasteiger partial charge < -0.3 is 14.8 Å². The summed E-state index contributed by atoms with van der Waals surface area (Å²) in [5, 5.41) is 3.59. The summed E-state index contributed by atoms with van der Waals surface area (Å²) in [6.07, 6.45) is 0. The van der Waals surface area contributed by atoms with E-state index in [0.29, 0.717) is 28.4 Å². The van der Waals surface area contributed by atoms with E-state index in [1.54, 1.807) is 19.2 Å². The van der Waals surface area contributed by atoms with E-state index >= 15 is 0 Å². The van der Waals surface area contributed by atoms with Gasteiger partial charge in [-0.1, -0.05) is 6.07 Å². The Bertz CT molecular complexity index is 943. The Kier molecular flexibility index (Phi) is 4.12. The molecule has 2 N–H and O–H groups in total. The van der Waals surface area contributed by atoms with Gasteiger partial charge in [-0.2, -0.15) is 0 Å². The monoisotopic (exact) mass is 325 g/mol. The predicted molar refractivity (Wildman–Crippen MR) is 94.7 cm³/mol. The van der Waals surface area contributed by atoms with Crippen LogP contribution in [0.5, 0.6) is 11.5 Å². The molecule has 0 aliphatic carbocycles. The van der Waals surface area contributed by atoms with Crippen molar-refractivity contribution in [1.29, 1.82) is 0 Å². The number of hydrogen-bond donors (Lipinski definition) is 2. The molecule has 0 saturated carbocycles. The van der Waals surface area contributed by atoms with E-state index in [0.717, 1.165) is 16.8 Å². The summed E-state index contributed by atoms with van der Waals surface area (Å²) in [6.45, 7) is 4.04. The maximum Gasteiger partial charge on any atom is 0.260 e. The minimum atomic E-state index is -0.243. The van der Waals surface area contributed by atoms with Crippen molar-refractivity contribution in [3.05, 3.63) is 51.8 Å². The highest BCUT2D eigenvalue weighted by molar-refractivity contribution is 5.83. The fraction of sp³-hybridized carbons (Fsp3) is 0.222. The summed E-state index contributed by atoms with van der Waals surface area (Å²) in [6, 6.07) is 9.38. The first kappa shape index (κ1) is 15.9. The number of nitrogens with zero attached hydrogens (tertiary/aromatic N) is 1. The molecule has 6 nitrogen and oxygen atoms in total. The van der Waals surface area contributed by atoms with Crippen LogP contribution < -0.4 is 20.3 Å². The number of anilines is 2. The number of aromatic nitrogens is 2. The van der Waals surface area contributed by atoms with Crippen molar-refractivity contribution in [3.63, 3.8) is 0 Å². The maximum atomic E-state index is 12.4. The van der Waals surface area contributed by atoms with Crippen LogP contribution in [0.25, 0.3) is 10.9 Å². The number of ether oxygens (including phenoxy) is 2. The molecule has 0 amide bonds. The van der Waals surface area contributed by atoms with E-state index in [1.165, 1.54) is 7.11 Å². The Morgan fingerprint density at radius 1 is 0.958 bits per heavy atom. The number of aromatic amines is 1. The van der Waals surface area contributed by atoms with Gasteiger partial charge in [-0.15, -0.1) is 0 Å². The summed E-state index contributed by atoms with van der Waals surface area (Å²) in [4.78, 5) is 19.6. The van der Waals surface area contributed by atoms with Crippen molar-refractivity contribution in [2.75, 3.05) is 19.5 Å². The second-order valence-corrected chi connectivity index (χ2v) is 5.64. The largest absolute Gasteiger partial charge is 0.493 e. The van der Waals surface area contributed by atoms with Crippen LogP contribution in [0, 0.1) is 13.8 Å². The van der Waals surface area contributed by atoms with Gasteiger partial charge in [0.2, 0.25) is 5.95 Å². The van der Waals surface area contributed by atoms with E-state index in [4.69, 9.17) is 9.47 Å². The Balaban J connectivity index is 2.08. The Morgan fingerprint density at radius 3 is 2.21 bits per heavy atom. The van der Waals surface area contributed by atoms with Gasteiger partial charge in [0.1, 0.15) is 0 Å². The molecule has 0 bridgehead atoms. The molecule has 3 rings (SSSR count). The standard InChI is InChI=1S/C18H19N3O3/c1-10-5-11(2)7-12(6-10)19-18-20-14-9-16(24-4)15(23-3)8-13(14)17(22)21-18/h5-9H,1-4H3,(H2,19,20,21,22). The molecule has 0 saturated heterocycles. The number of rotatable bonds is 4. The molecule has 0 aliphatic rings. The van der Waals surface area contributed by atoms with Crippen LogP contribution in [-0.4, -0.2) is 24.2 Å². The van der Waals surface area contributed by atoms with Crippen molar-refractivity contribution < 1.29 is 9.47 Å². The van der Waals surface area contributed by atoms with E-state index in [-0.39, 0.29) is 5.56 Å². The van der Waals surface area contributed by atoms with E-state index in [9.17, 15) is 4.79 Å². The number of benzene rings is 2. The molecule has 24 heavy (non-hydrogen) atoms. The zero-order valence-electron chi connectivity index (χ0n) is 14.1. The smallest absolute Gasteiger partial charge is 0.260 e. The lowest BCUT2D eigenvalue weighted by atomic mass is 10.1. The summed E-state index contributed by atoms with van der Waals surface area (Å²) in [7, 11) is 3.08. The Morgan fingerprint density at radius 2 is 1.58 bits per heavy atom. The first-order valence-corrected chi connectivity index (χ1v) is 7.51. The second-order valence-electron chi connectivity index (χ2n) is 5.64. The minimum absolute atomic E-state index is 0.243. The SMILES string of the molecule is COc1cc2nc(Nc3cc(C)cc(C)c3)[nH]c(=O)c2cc1OC. The maximum absolute atomic E-state index is 12.4. The van der Waals surface area contributed by atoms with Crippen LogP contribution in [0.3, 0.4) is 0 Å². The first-order chi connectivity index (χ1) is 11.5. The molecule has 1 aromatic heterocycles. The number of aryl methyl sites for hydroxylation is 2. The third-order valence-corrected chi connectivity index (χ3v) is 3.70. The molecular formula is C18H19N3O3. The van der Waals surface area contributed by atoms with E-state index in [2.05, 4.69) is 21.4 Å². The van der Waals surface area contributed by atoms with Crippen molar-refractivity contribution in [3.8, 4) is 11.5 Å². The van der Waals surface area contributed by atoms with E-state index in [1.807, 2.05) is 26.0 Å². The fourth-order valence-electron chi connectivity index (χ4n) is 2.71. The molecule has 0 atom stereocenters. The van der Waals surface area contributed by atoms with Gasteiger partial charge >= 0.3 is 0 Å². The average Bonchev–Trinajstić information content (AvgIpc) is 2.52. The molecule has 0 aliphatic heterocycles.